The molecular formula is C16H20N2O3. The Morgan fingerprint density at radius 2 is 1.86 bits per heavy atom. The number of aryl methyl sites for hydroxylation is 1. The molecule has 0 aliphatic carbocycles. The second-order valence-electron chi connectivity index (χ2n) is 5.64. The van der Waals surface area contributed by atoms with Crippen molar-refractivity contribution in [2.45, 2.75) is 39.7 Å². The first-order valence-electron chi connectivity index (χ1n) is 7.16. The number of nitrogens with zero attached hydrogens (tertiary/aromatic N) is 1. The van der Waals surface area contributed by atoms with E-state index < -0.39 is 0 Å². The Hall–Kier alpha value is -2.17. The predicted molar refractivity (Wildman–Crippen MR) is 79.1 cm³/mol. The first-order valence-corrected chi connectivity index (χ1v) is 7.16. The minimum Gasteiger partial charge on any atom is -0.354 e. The lowest BCUT2D eigenvalue weighted by Gasteiger charge is -2.14. The molecule has 0 aromatic heterocycles. The van der Waals surface area contributed by atoms with E-state index in [1.807, 2.05) is 26.8 Å². The molecule has 0 radical (unpaired) electrons. The number of nitrogens with one attached hydrogen (secondary N) is 1. The number of benzene rings is 1. The van der Waals surface area contributed by atoms with Gasteiger partial charge in [-0.05, 0) is 39.3 Å². The van der Waals surface area contributed by atoms with Crippen molar-refractivity contribution in [1.29, 1.82) is 0 Å². The van der Waals surface area contributed by atoms with Gasteiger partial charge in [-0.1, -0.05) is 11.6 Å². The SMILES string of the molecule is Cc1ccc2c(c1)C(=O)N(CCCC(=O)NC(C)C)C2=O. The highest BCUT2D eigenvalue weighted by atomic mass is 16.2. The first-order chi connectivity index (χ1) is 9.90. The maximum atomic E-state index is 12.2. The Morgan fingerprint density at radius 3 is 2.52 bits per heavy atom. The zero-order valence-corrected chi connectivity index (χ0v) is 12.6. The molecule has 1 aliphatic rings. The summed E-state index contributed by atoms with van der Waals surface area (Å²) >= 11 is 0. The summed E-state index contributed by atoms with van der Waals surface area (Å²) in [5.74, 6) is -0.584. The average molecular weight is 288 g/mol. The zero-order chi connectivity index (χ0) is 15.6. The fraction of sp³-hybridized carbons (Fsp3) is 0.438. The van der Waals surface area contributed by atoms with Gasteiger partial charge < -0.3 is 5.32 Å². The third kappa shape index (κ3) is 3.29. The molecule has 0 unspecified atom stereocenters. The molecule has 21 heavy (non-hydrogen) atoms. The van der Waals surface area contributed by atoms with Crippen molar-refractivity contribution < 1.29 is 14.4 Å². The van der Waals surface area contributed by atoms with Crippen LogP contribution in [0.2, 0.25) is 0 Å². The molecule has 2 rings (SSSR count). The van der Waals surface area contributed by atoms with E-state index >= 15 is 0 Å². The maximum absolute atomic E-state index is 12.2. The molecule has 5 heteroatoms. The van der Waals surface area contributed by atoms with Crippen molar-refractivity contribution in [2.75, 3.05) is 6.54 Å². The zero-order valence-electron chi connectivity index (χ0n) is 12.6. The standard InChI is InChI=1S/C16H20N2O3/c1-10(2)17-14(19)5-4-8-18-15(20)12-7-6-11(3)9-13(12)16(18)21/h6-7,9-10H,4-5,8H2,1-3H3,(H,17,19). The molecule has 0 saturated carbocycles. The molecule has 0 fully saturated rings. The van der Waals surface area contributed by atoms with Crippen molar-refractivity contribution >= 4 is 17.7 Å². The van der Waals surface area contributed by atoms with Gasteiger partial charge >= 0.3 is 0 Å². The summed E-state index contributed by atoms with van der Waals surface area (Å²) in [6.07, 6.45) is 0.785. The molecular weight excluding hydrogens is 268 g/mol. The van der Waals surface area contributed by atoms with Crippen molar-refractivity contribution in [3.8, 4) is 0 Å². The highest BCUT2D eigenvalue weighted by molar-refractivity contribution is 6.21. The van der Waals surface area contributed by atoms with Crippen LogP contribution in [0.3, 0.4) is 0 Å². The minimum atomic E-state index is -0.265. The van der Waals surface area contributed by atoms with Crippen LogP contribution in [-0.4, -0.2) is 35.2 Å². The van der Waals surface area contributed by atoms with E-state index in [0.29, 0.717) is 24.0 Å². The van der Waals surface area contributed by atoms with Crippen molar-refractivity contribution in [3.05, 3.63) is 34.9 Å². The lowest BCUT2D eigenvalue weighted by molar-refractivity contribution is -0.121. The maximum Gasteiger partial charge on any atom is 0.261 e. The van der Waals surface area contributed by atoms with Gasteiger partial charge in [0.1, 0.15) is 0 Å². The molecule has 3 amide bonds. The Balaban J connectivity index is 1.96. The van der Waals surface area contributed by atoms with Crippen LogP contribution in [0, 0.1) is 6.92 Å². The smallest absolute Gasteiger partial charge is 0.261 e. The second-order valence-corrected chi connectivity index (χ2v) is 5.64. The average Bonchev–Trinajstić information content (AvgIpc) is 2.62. The Morgan fingerprint density at radius 1 is 1.19 bits per heavy atom. The highest BCUT2D eigenvalue weighted by Crippen LogP contribution is 2.24. The highest BCUT2D eigenvalue weighted by Gasteiger charge is 2.34. The van der Waals surface area contributed by atoms with Crippen LogP contribution in [0.1, 0.15) is 53.0 Å². The quantitative estimate of drug-likeness (QED) is 0.841. The van der Waals surface area contributed by atoms with E-state index in [1.165, 1.54) is 4.90 Å². The molecule has 112 valence electrons. The summed E-state index contributed by atoms with van der Waals surface area (Å²) in [7, 11) is 0. The fourth-order valence-electron chi connectivity index (χ4n) is 2.40. The van der Waals surface area contributed by atoms with Crippen molar-refractivity contribution in [2.24, 2.45) is 0 Å². The molecule has 0 atom stereocenters. The molecule has 1 aromatic rings. The summed E-state index contributed by atoms with van der Waals surface area (Å²) < 4.78 is 0. The lowest BCUT2D eigenvalue weighted by atomic mass is 10.1. The summed E-state index contributed by atoms with van der Waals surface area (Å²) in [6, 6.07) is 5.35. The van der Waals surface area contributed by atoms with Crippen molar-refractivity contribution in [3.63, 3.8) is 0 Å². The van der Waals surface area contributed by atoms with Crippen LogP contribution in [-0.2, 0) is 4.79 Å². The van der Waals surface area contributed by atoms with Gasteiger partial charge in [-0.3, -0.25) is 19.3 Å². The number of hydrogen-bond donors (Lipinski definition) is 1. The van der Waals surface area contributed by atoms with Crippen LogP contribution in [0.25, 0.3) is 0 Å². The third-order valence-electron chi connectivity index (χ3n) is 3.36. The van der Waals surface area contributed by atoms with E-state index in [4.69, 9.17) is 0 Å². The predicted octanol–water partition coefficient (Wildman–Crippen LogP) is 1.90. The van der Waals surface area contributed by atoms with Gasteiger partial charge in [-0.15, -0.1) is 0 Å². The second kappa shape index (κ2) is 6.08. The number of hydrogen-bond acceptors (Lipinski definition) is 3. The van der Waals surface area contributed by atoms with Gasteiger partial charge in [-0.2, -0.15) is 0 Å². The largest absolute Gasteiger partial charge is 0.354 e. The van der Waals surface area contributed by atoms with Gasteiger partial charge in [0, 0.05) is 19.0 Å². The lowest BCUT2D eigenvalue weighted by Crippen LogP contribution is -2.33. The molecule has 1 aliphatic heterocycles. The third-order valence-corrected chi connectivity index (χ3v) is 3.36. The van der Waals surface area contributed by atoms with E-state index in [1.54, 1.807) is 12.1 Å². The summed E-state index contributed by atoms with van der Waals surface area (Å²) in [4.78, 5) is 37.2. The summed E-state index contributed by atoms with van der Waals surface area (Å²) in [5.41, 5.74) is 1.87. The Kier molecular flexibility index (Phi) is 4.40. The van der Waals surface area contributed by atoms with Gasteiger partial charge in [0.05, 0.1) is 11.1 Å². The first kappa shape index (κ1) is 15.2. The van der Waals surface area contributed by atoms with Gasteiger partial charge in [-0.25, -0.2) is 0 Å². The molecule has 1 aromatic carbocycles. The number of imide groups is 1. The van der Waals surface area contributed by atoms with Crippen LogP contribution in [0.5, 0.6) is 0 Å². The number of fused-ring (bicyclic) bond motifs is 1. The molecule has 1 heterocycles. The number of carbonyl (C=O) groups is 3. The Labute approximate surface area is 124 Å². The summed E-state index contributed by atoms with van der Waals surface area (Å²) in [5, 5.41) is 2.79. The van der Waals surface area contributed by atoms with Gasteiger partial charge in [0.25, 0.3) is 11.8 Å². The van der Waals surface area contributed by atoms with E-state index in [2.05, 4.69) is 5.32 Å². The van der Waals surface area contributed by atoms with E-state index in [9.17, 15) is 14.4 Å². The van der Waals surface area contributed by atoms with Crippen LogP contribution >= 0.6 is 0 Å². The summed E-state index contributed by atoms with van der Waals surface area (Å²) in [6.45, 7) is 5.95. The molecule has 0 bridgehead atoms. The van der Waals surface area contributed by atoms with Gasteiger partial charge in [0.2, 0.25) is 5.91 Å². The topological polar surface area (TPSA) is 66.5 Å². The normalized spacial score (nSPS) is 13.8. The minimum absolute atomic E-state index is 0.0579. The van der Waals surface area contributed by atoms with Crippen LogP contribution in [0.4, 0.5) is 0 Å². The number of amides is 3. The van der Waals surface area contributed by atoms with Gasteiger partial charge in [0.15, 0.2) is 0 Å². The van der Waals surface area contributed by atoms with E-state index in [0.717, 1.165) is 5.56 Å². The van der Waals surface area contributed by atoms with Crippen LogP contribution < -0.4 is 5.32 Å². The molecule has 0 spiro atoms. The molecule has 1 N–H and O–H groups in total. The molecule has 0 saturated heterocycles. The fourth-order valence-corrected chi connectivity index (χ4v) is 2.40. The number of carbonyl (C=O) groups excluding carboxylic acids is 3. The van der Waals surface area contributed by atoms with E-state index in [-0.39, 0.29) is 30.3 Å². The number of rotatable bonds is 5. The van der Waals surface area contributed by atoms with Crippen LogP contribution in [0.15, 0.2) is 18.2 Å². The Bertz CT molecular complexity index is 593. The van der Waals surface area contributed by atoms with Crippen molar-refractivity contribution in [1.82, 2.24) is 10.2 Å². The monoisotopic (exact) mass is 288 g/mol. The molecule has 5 nitrogen and oxygen atoms in total.